The van der Waals surface area contributed by atoms with Crippen LogP contribution in [0.2, 0.25) is 0 Å². The third-order valence-corrected chi connectivity index (χ3v) is 15.7. The quantitative estimate of drug-likeness (QED) is 0.0759. The molecule has 3 N–H and O–H groups in total. The zero-order valence-corrected chi connectivity index (χ0v) is 34.8. The highest BCUT2D eigenvalue weighted by Gasteiger charge is 2.71. The molecule has 9 nitrogen and oxygen atoms in total. The van der Waals surface area contributed by atoms with Crippen LogP contribution in [0, 0.1) is 50.2 Å². The summed E-state index contributed by atoms with van der Waals surface area (Å²) in [6.45, 7) is 28.4. The second kappa shape index (κ2) is 17.4. The van der Waals surface area contributed by atoms with Gasteiger partial charge in [0.05, 0.1) is 30.3 Å². The van der Waals surface area contributed by atoms with Gasteiger partial charge in [0, 0.05) is 24.7 Å². The van der Waals surface area contributed by atoms with E-state index in [-0.39, 0.29) is 67.0 Å². The maximum absolute atomic E-state index is 13.3. The molecule has 0 aromatic rings. The molecule has 0 spiro atoms. The summed E-state index contributed by atoms with van der Waals surface area (Å²) in [6, 6.07) is 0. The van der Waals surface area contributed by atoms with Crippen LogP contribution in [0.3, 0.4) is 0 Å². The lowest BCUT2D eigenvalue weighted by atomic mass is 9.35. The number of allylic oxidation sites excluding steroid dienone is 4. The Bertz CT molecular complexity index is 1440. The molecule has 0 aromatic carbocycles. The number of ether oxygens (including phenoxy) is 3. The number of fused-ring (bicyclic) bond motifs is 2. The summed E-state index contributed by atoms with van der Waals surface area (Å²) in [4.78, 5) is 39.0. The van der Waals surface area contributed by atoms with E-state index in [9.17, 15) is 29.7 Å². The van der Waals surface area contributed by atoms with Gasteiger partial charge in [0.2, 0.25) is 0 Å². The van der Waals surface area contributed by atoms with E-state index in [2.05, 4.69) is 54.0 Å². The van der Waals surface area contributed by atoms with Gasteiger partial charge in [0.15, 0.2) is 0 Å². The number of aliphatic hydroxyl groups is 3. The Labute approximate surface area is 331 Å². The number of carbonyl (C=O) groups excluding carboxylic acids is 3. The smallest absolute Gasteiger partial charge is 0.306 e. The Hall–Kier alpha value is -2.75. The van der Waals surface area contributed by atoms with Crippen molar-refractivity contribution in [2.24, 2.45) is 50.2 Å². The molecule has 0 aliphatic heterocycles. The van der Waals surface area contributed by atoms with Crippen molar-refractivity contribution in [3.05, 3.63) is 50.6 Å². The van der Waals surface area contributed by atoms with Gasteiger partial charge in [0.1, 0.15) is 12.7 Å². The predicted octanol–water partition coefficient (Wildman–Crippen LogP) is 8.21. The van der Waals surface area contributed by atoms with Crippen LogP contribution in [0.15, 0.2) is 50.6 Å². The lowest BCUT2D eigenvalue weighted by Crippen LogP contribution is -2.71. The maximum Gasteiger partial charge on any atom is 0.306 e. The average Bonchev–Trinajstić information content (AvgIpc) is 3.12. The molecule has 9 heteroatoms. The molecule has 0 bridgehead atoms. The van der Waals surface area contributed by atoms with E-state index < -0.39 is 58.0 Å². The van der Waals surface area contributed by atoms with Gasteiger partial charge in [-0.2, -0.15) is 0 Å². The van der Waals surface area contributed by atoms with Crippen molar-refractivity contribution in [1.29, 1.82) is 0 Å². The van der Waals surface area contributed by atoms with E-state index in [1.54, 1.807) is 18.2 Å². The summed E-state index contributed by atoms with van der Waals surface area (Å²) in [7, 11) is 0. The largest absolute Gasteiger partial charge is 0.465 e. The van der Waals surface area contributed by atoms with Gasteiger partial charge in [-0.05, 0) is 110 Å². The Morgan fingerprint density at radius 2 is 1.25 bits per heavy atom. The van der Waals surface area contributed by atoms with Crippen LogP contribution in [0.1, 0.15) is 131 Å². The minimum atomic E-state index is -1.23. The first-order valence-corrected chi connectivity index (χ1v) is 20.7. The Morgan fingerprint density at radius 3 is 1.82 bits per heavy atom. The zero-order chi connectivity index (χ0) is 41.0. The highest BCUT2D eigenvalue weighted by molar-refractivity contribution is 5.70. The van der Waals surface area contributed by atoms with Gasteiger partial charge >= 0.3 is 17.9 Å². The van der Waals surface area contributed by atoms with E-state index in [0.29, 0.717) is 44.9 Å². The standard InChI is InChI=1S/C46H72O9/c1-11-15-19-36(49)53-29-44(9)32-22-25-45(10,33(18-14-4)43(32,8)24-23-34(44)47)42(7)27-31-26-41(5,6)39(52)40(55-38(51)21-17-13-3)46(31,35(48)28-42)30-54-37(50)20-16-12-2/h11-14,31-35,39-40,47-48,52H,1-4,15-30H2,5-10H3/t31?,32?,33?,34-,35+,39-,40-,42-,43-,44+,45+,46-/m0/s1. The van der Waals surface area contributed by atoms with Gasteiger partial charge < -0.3 is 29.5 Å². The molecular formula is C46H72O9. The molecule has 3 unspecified atom stereocenters. The highest BCUT2D eigenvalue weighted by atomic mass is 16.6. The SMILES string of the molecule is C=CCCC(=O)OC[C@@]12C(CC(C)(C)[C@@H](O)[C@@H]1OC(=O)CCC=C)C[C@](C)([C@]1(C)CCC3[C@](C)(CC[C@H](O)[C@]3(C)COC(=O)CCC=C)C1CC=C)C[C@H]2O. The minimum Gasteiger partial charge on any atom is -0.465 e. The zero-order valence-electron chi connectivity index (χ0n) is 34.8. The normalized spacial score (nSPS) is 40.7. The monoisotopic (exact) mass is 769 g/mol. The first-order valence-electron chi connectivity index (χ1n) is 20.7. The second-order valence-electron chi connectivity index (χ2n) is 19.3. The van der Waals surface area contributed by atoms with E-state index in [4.69, 9.17) is 14.2 Å². The highest BCUT2D eigenvalue weighted by Crippen LogP contribution is 2.73. The van der Waals surface area contributed by atoms with Crippen LogP contribution >= 0.6 is 0 Å². The number of hydrogen-bond acceptors (Lipinski definition) is 9. The summed E-state index contributed by atoms with van der Waals surface area (Å²) in [5.74, 6) is -1.27. The summed E-state index contributed by atoms with van der Waals surface area (Å²) in [5.41, 5.74) is -3.50. The fourth-order valence-electron chi connectivity index (χ4n) is 12.2. The van der Waals surface area contributed by atoms with Gasteiger partial charge in [-0.1, -0.05) is 65.8 Å². The molecule has 4 aliphatic rings. The Balaban J connectivity index is 1.76. The molecule has 12 atom stereocenters. The third kappa shape index (κ3) is 8.32. The Kier molecular flexibility index (Phi) is 14.2. The summed E-state index contributed by atoms with van der Waals surface area (Å²) in [5, 5.41) is 36.3. The third-order valence-electron chi connectivity index (χ3n) is 15.7. The van der Waals surface area contributed by atoms with Crippen molar-refractivity contribution < 1.29 is 43.9 Å². The summed E-state index contributed by atoms with van der Waals surface area (Å²) < 4.78 is 18.0. The molecule has 0 radical (unpaired) electrons. The van der Waals surface area contributed by atoms with E-state index in [1.807, 2.05) is 19.9 Å². The lowest BCUT2D eigenvalue weighted by molar-refractivity contribution is -0.281. The molecule has 4 fully saturated rings. The van der Waals surface area contributed by atoms with Crippen molar-refractivity contribution in [3.63, 3.8) is 0 Å². The second-order valence-corrected chi connectivity index (χ2v) is 19.3. The average molecular weight is 769 g/mol. The van der Waals surface area contributed by atoms with Crippen LogP contribution in [0.5, 0.6) is 0 Å². The predicted molar refractivity (Wildman–Crippen MR) is 214 cm³/mol. The molecule has 0 aromatic heterocycles. The van der Waals surface area contributed by atoms with Crippen molar-refractivity contribution in [1.82, 2.24) is 0 Å². The molecule has 55 heavy (non-hydrogen) atoms. The van der Waals surface area contributed by atoms with E-state index >= 15 is 0 Å². The molecular weight excluding hydrogens is 696 g/mol. The molecule has 4 saturated carbocycles. The number of hydrogen-bond donors (Lipinski definition) is 3. The van der Waals surface area contributed by atoms with Crippen LogP contribution in [0.4, 0.5) is 0 Å². The first-order chi connectivity index (χ1) is 25.8. The topological polar surface area (TPSA) is 140 Å². The van der Waals surface area contributed by atoms with Crippen LogP contribution in [-0.2, 0) is 28.6 Å². The van der Waals surface area contributed by atoms with Crippen molar-refractivity contribution in [2.45, 2.75) is 156 Å². The molecule has 4 rings (SSSR count). The molecule has 0 amide bonds. The van der Waals surface area contributed by atoms with Gasteiger partial charge in [-0.25, -0.2) is 0 Å². The maximum atomic E-state index is 13.3. The first kappa shape index (κ1) is 45.0. The van der Waals surface area contributed by atoms with Crippen LogP contribution in [0.25, 0.3) is 0 Å². The Morgan fingerprint density at radius 1 is 0.691 bits per heavy atom. The fourth-order valence-corrected chi connectivity index (χ4v) is 12.2. The van der Waals surface area contributed by atoms with E-state index in [1.165, 1.54) is 0 Å². The minimum absolute atomic E-state index is 0.0725. The van der Waals surface area contributed by atoms with Crippen molar-refractivity contribution in [2.75, 3.05) is 13.2 Å². The van der Waals surface area contributed by atoms with Gasteiger partial charge in [0.25, 0.3) is 0 Å². The van der Waals surface area contributed by atoms with E-state index in [0.717, 1.165) is 25.7 Å². The summed E-state index contributed by atoms with van der Waals surface area (Å²) in [6.07, 6.45) is 10.3. The van der Waals surface area contributed by atoms with Crippen molar-refractivity contribution >= 4 is 17.9 Å². The number of aliphatic hydroxyl groups excluding tert-OH is 3. The number of carbonyl (C=O) groups is 3. The van der Waals surface area contributed by atoms with Gasteiger partial charge in [-0.15, -0.1) is 26.3 Å². The molecule has 310 valence electrons. The van der Waals surface area contributed by atoms with Gasteiger partial charge in [-0.3, -0.25) is 14.4 Å². The lowest BCUT2D eigenvalue weighted by Gasteiger charge is -2.70. The van der Waals surface area contributed by atoms with Crippen LogP contribution < -0.4 is 0 Å². The molecule has 4 aliphatic carbocycles. The molecule has 0 saturated heterocycles. The number of rotatable bonds is 17. The van der Waals surface area contributed by atoms with Crippen molar-refractivity contribution in [3.8, 4) is 0 Å². The fraction of sp³-hybridized carbons (Fsp3) is 0.761. The summed E-state index contributed by atoms with van der Waals surface area (Å²) >= 11 is 0. The number of esters is 3. The molecule has 0 heterocycles. The van der Waals surface area contributed by atoms with Crippen LogP contribution in [-0.4, -0.2) is 70.9 Å².